The minimum Gasteiger partial charge on any atom is -0.506 e. The van der Waals surface area contributed by atoms with Crippen LogP contribution in [-0.2, 0) is 0 Å². The summed E-state index contributed by atoms with van der Waals surface area (Å²) in [4.78, 5) is 11.9. The van der Waals surface area contributed by atoms with E-state index in [9.17, 15) is 9.90 Å². The molecule has 4 heteroatoms. The van der Waals surface area contributed by atoms with Gasteiger partial charge < -0.3 is 16.2 Å². The zero-order chi connectivity index (χ0) is 11.5. The van der Waals surface area contributed by atoms with Gasteiger partial charge in [-0.2, -0.15) is 0 Å². The minimum atomic E-state index is -0.0229. The average molecular weight is 220 g/mol. The summed E-state index contributed by atoms with van der Waals surface area (Å²) in [5.41, 5.74) is 6.28. The summed E-state index contributed by atoms with van der Waals surface area (Å²) in [6.45, 7) is 0.980. The SMILES string of the molecule is Nc1c(O)cccc1C(=O)CC1CCCN1. The number of hydrogen-bond donors (Lipinski definition) is 3. The highest BCUT2D eigenvalue weighted by atomic mass is 16.3. The average Bonchev–Trinajstić information content (AvgIpc) is 2.74. The van der Waals surface area contributed by atoms with Crippen LogP contribution in [0.4, 0.5) is 5.69 Å². The number of aromatic hydroxyl groups is 1. The second-order valence-corrected chi connectivity index (χ2v) is 4.16. The van der Waals surface area contributed by atoms with Crippen LogP contribution in [0.3, 0.4) is 0 Å². The number of nitrogens with two attached hydrogens (primary N) is 1. The molecular weight excluding hydrogens is 204 g/mol. The molecule has 0 spiro atoms. The molecule has 1 aromatic carbocycles. The summed E-state index contributed by atoms with van der Waals surface area (Å²) in [6.07, 6.45) is 2.60. The lowest BCUT2D eigenvalue weighted by atomic mass is 10.0. The van der Waals surface area contributed by atoms with Gasteiger partial charge in [-0.3, -0.25) is 4.79 Å². The van der Waals surface area contributed by atoms with Gasteiger partial charge >= 0.3 is 0 Å². The van der Waals surface area contributed by atoms with Crippen LogP contribution in [0.15, 0.2) is 18.2 Å². The van der Waals surface area contributed by atoms with E-state index in [1.807, 2.05) is 0 Å². The van der Waals surface area contributed by atoms with Crippen LogP contribution in [0.5, 0.6) is 5.75 Å². The number of para-hydroxylation sites is 1. The van der Waals surface area contributed by atoms with Gasteiger partial charge in [0, 0.05) is 18.0 Å². The number of phenols is 1. The monoisotopic (exact) mass is 220 g/mol. The van der Waals surface area contributed by atoms with Crippen molar-refractivity contribution in [3.63, 3.8) is 0 Å². The van der Waals surface area contributed by atoms with Crippen molar-refractivity contribution >= 4 is 11.5 Å². The molecule has 0 bridgehead atoms. The summed E-state index contributed by atoms with van der Waals surface area (Å²) in [5, 5.41) is 12.7. The number of rotatable bonds is 3. The van der Waals surface area contributed by atoms with E-state index < -0.39 is 0 Å². The Balaban J connectivity index is 2.11. The highest BCUT2D eigenvalue weighted by Gasteiger charge is 2.20. The second-order valence-electron chi connectivity index (χ2n) is 4.16. The largest absolute Gasteiger partial charge is 0.506 e. The van der Waals surface area contributed by atoms with Crippen LogP contribution in [0, 0.1) is 0 Å². The van der Waals surface area contributed by atoms with Crippen LogP contribution in [0.2, 0.25) is 0 Å². The lowest BCUT2D eigenvalue weighted by molar-refractivity contribution is 0.0972. The molecular formula is C12H16N2O2. The van der Waals surface area contributed by atoms with Gasteiger partial charge in [0.05, 0.1) is 5.69 Å². The van der Waals surface area contributed by atoms with Crippen LogP contribution in [0.25, 0.3) is 0 Å². The van der Waals surface area contributed by atoms with Gasteiger partial charge in [0.25, 0.3) is 0 Å². The standard InChI is InChI=1S/C12H16N2O2/c13-12-9(4-1-5-10(12)15)11(16)7-8-3-2-6-14-8/h1,4-5,8,14-15H,2-3,6-7,13H2. The maximum atomic E-state index is 11.9. The van der Waals surface area contributed by atoms with E-state index in [1.165, 1.54) is 6.07 Å². The zero-order valence-corrected chi connectivity index (χ0v) is 9.07. The maximum absolute atomic E-state index is 11.9. The molecule has 0 amide bonds. The Morgan fingerprint density at radius 1 is 1.56 bits per heavy atom. The number of nitrogen functional groups attached to an aromatic ring is 1. The fourth-order valence-electron chi connectivity index (χ4n) is 2.06. The van der Waals surface area contributed by atoms with Crippen LogP contribution in [-0.4, -0.2) is 23.5 Å². The molecule has 1 unspecified atom stereocenters. The van der Waals surface area contributed by atoms with E-state index in [-0.39, 0.29) is 23.3 Å². The Labute approximate surface area is 94.5 Å². The Kier molecular flexibility index (Phi) is 3.10. The van der Waals surface area contributed by atoms with Crippen LogP contribution >= 0.6 is 0 Å². The highest BCUT2D eigenvalue weighted by molar-refractivity contribution is 6.02. The molecule has 1 aromatic rings. The minimum absolute atomic E-state index is 0.00667. The lowest BCUT2D eigenvalue weighted by Gasteiger charge is -2.10. The molecule has 0 aromatic heterocycles. The number of carbonyl (C=O) groups is 1. The molecule has 1 atom stereocenters. The molecule has 4 N–H and O–H groups in total. The Hall–Kier alpha value is -1.55. The smallest absolute Gasteiger partial charge is 0.166 e. The molecule has 0 radical (unpaired) electrons. The van der Waals surface area contributed by atoms with Crippen molar-refractivity contribution in [2.45, 2.75) is 25.3 Å². The van der Waals surface area contributed by atoms with E-state index in [2.05, 4.69) is 5.32 Å². The van der Waals surface area contributed by atoms with E-state index in [0.717, 1.165) is 19.4 Å². The molecule has 1 saturated heterocycles. The molecule has 0 saturated carbocycles. The highest BCUT2D eigenvalue weighted by Crippen LogP contribution is 2.25. The lowest BCUT2D eigenvalue weighted by Crippen LogP contribution is -2.24. The Bertz CT molecular complexity index is 398. The fraction of sp³-hybridized carbons (Fsp3) is 0.417. The van der Waals surface area contributed by atoms with E-state index >= 15 is 0 Å². The quantitative estimate of drug-likeness (QED) is 0.408. The van der Waals surface area contributed by atoms with Crippen molar-refractivity contribution in [2.24, 2.45) is 0 Å². The summed E-state index contributed by atoms with van der Waals surface area (Å²) >= 11 is 0. The number of ketones is 1. The third kappa shape index (κ3) is 2.17. The van der Waals surface area contributed by atoms with Gasteiger partial charge in [-0.25, -0.2) is 0 Å². The van der Waals surface area contributed by atoms with Crippen molar-refractivity contribution in [1.82, 2.24) is 5.32 Å². The number of Topliss-reactive ketones (excluding diaryl/α,β-unsaturated/α-hetero) is 1. The van der Waals surface area contributed by atoms with E-state index in [1.54, 1.807) is 12.1 Å². The first-order valence-electron chi connectivity index (χ1n) is 5.52. The summed E-state index contributed by atoms with van der Waals surface area (Å²) in [5.74, 6) is -0.0296. The van der Waals surface area contributed by atoms with Gasteiger partial charge in [-0.05, 0) is 31.5 Å². The fourth-order valence-corrected chi connectivity index (χ4v) is 2.06. The number of phenolic OH excluding ortho intramolecular Hbond substituents is 1. The first kappa shape index (κ1) is 11.0. The predicted octanol–water partition coefficient (Wildman–Crippen LogP) is 1.30. The third-order valence-corrected chi connectivity index (χ3v) is 2.98. The number of carbonyl (C=O) groups excluding carboxylic acids is 1. The molecule has 86 valence electrons. The van der Waals surface area contributed by atoms with Crippen molar-refractivity contribution in [2.75, 3.05) is 12.3 Å². The summed E-state index contributed by atoms with van der Waals surface area (Å²) in [7, 11) is 0. The molecule has 0 aliphatic carbocycles. The molecule has 1 fully saturated rings. The molecule has 1 aliphatic heterocycles. The number of benzene rings is 1. The topological polar surface area (TPSA) is 75.3 Å². The first-order chi connectivity index (χ1) is 7.68. The first-order valence-corrected chi connectivity index (χ1v) is 5.52. The van der Waals surface area contributed by atoms with Crippen molar-refractivity contribution in [3.8, 4) is 5.75 Å². The Morgan fingerprint density at radius 2 is 2.38 bits per heavy atom. The van der Waals surface area contributed by atoms with Crippen LogP contribution < -0.4 is 11.1 Å². The van der Waals surface area contributed by atoms with E-state index in [0.29, 0.717) is 12.0 Å². The number of hydrogen-bond acceptors (Lipinski definition) is 4. The molecule has 16 heavy (non-hydrogen) atoms. The number of anilines is 1. The molecule has 1 aliphatic rings. The molecule has 2 rings (SSSR count). The molecule has 1 heterocycles. The maximum Gasteiger partial charge on any atom is 0.166 e. The van der Waals surface area contributed by atoms with Gasteiger partial charge in [-0.15, -0.1) is 0 Å². The van der Waals surface area contributed by atoms with Gasteiger partial charge in [-0.1, -0.05) is 6.07 Å². The molecule has 4 nitrogen and oxygen atoms in total. The Morgan fingerprint density at radius 3 is 3.06 bits per heavy atom. The normalized spacial score (nSPS) is 19.9. The van der Waals surface area contributed by atoms with Gasteiger partial charge in [0.2, 0.25) is 0 Å². The van der Waals surface area contributed by atoms with Gasteiger partial charge in [0.1, 0.15) is 5.75 Å². The van der Waals surface area contributed by atoms with E-state index in [4.69, 9.17) is 5.73 Å². The van der Waals surface area contributed by atoms with Crippen LogP contribution in [0.1, 0.15) is 29.6 Å². The van der Waals surface area contributed by atoms with Crippen molar-refractivity contribution in [1.29, 1.82) is 0 Å². The second kappa shape index (κ2) is 4.53. The van der Waals surface area contributed by atoms with Crippen molar-refractivity contribution in [3.05, 3.63) is 23.8 Å². The number of nitrogens with one attached hydrogen (secondary N) is 1. The van der Waals surface area contributed by atoms with Crippen molar-refractivity contribution < 1.29 is 9.90 Å². The zero-order valence-electron chi connectivity index (χ0n) is 9.07. The summed E-state index contributed by atoms with van der Waals surface area (Å²) in [6, 6.07) is 5.04. The van der Waals surface area contributed by atoms with Gasteiger partial charge in [0.15, 0.2) is 5.78 Å². The summed E-state index contributed by atoms with van der Waals surface area (Å²) < 4.78 is 0. The third-order valence-electron chi connectivity index (χ3n) is 2.98. The predicted molar refractivity (Wildman–Crippen MR) is 62.5 cm³/mol.